The second kappa shape index (κ2) is 7.25. The van der Waals surface area contributed by atoms with Crippen molar-refractivity contribution in [2.24, 2.45) is 0 Å². The van der Waals surface area contributed by atoms with Crippen molar-refractivity contribution in [2.45, 2.75) is 20.4 Å². The van der Waals surface area contributed by atoms with Crippen LogP contribution in [0.5, 0.6) is 0 Å². The standard InChI is InChI=1S/C18H16Cl2N4O/c1-11-3-6-15(12(2)22-11)18(25)23-17-7-8-21-24(17)10-13-4-5-14(19)9-16(13)20/h3-9H,10H2,1-2H3,(H,23,25). The SMILES string of the molecule is Cc1ccc(C(=O)Nc2ccnn2Cc2ccc(Cl)cc2Cl)c(C)n1. The minimum atomic E-state index is -0.228. The minimum absolute atomic E-state index is 0.228. The molecule has 0 unspecified atom stereocenters. The molecule has 0 aliphatic rings. The number of aryl methyl sites for hydroxylation is 2. The Balaban J connectivity index is 1.81. The molecule has 0 fully saturated rings. The molecule has 0 spiro atoms. The van der Waals surface area contributed by atoms with Gasteiger partial charge in [0.05, 0.1) is 24.0 Å². The van der Waals surface area contributed by atoms with E-state index in [0.29, 0.717) is 33.7 Å². The number of carbonyl (C=O) groups is 1. The van der Waals surface area contributed by atoms with Crippen molar-refractivity contribution in [2.75, 3.05) is 5.32 Å². The van der Waals surface area contributed by atoms with E-state index < -0.39 is 0 Å². The molecule has 3 aromatic rings. The quantitative estimate of drug-likeness (QED) is 0.730. The lowest BCUT2D eigenvalue weighted by Crippen LogP contribution is -2.17. The monoisotopic (exact) mass is 374 g/mol. The lowest BCUT2D eigenvalue weighted by molar-refractivity contribution is 0.102. The van der Waals surface area contributed by atoms with Crippen LogP contribution in [-0.4, -0.2) is 20.7 Å². The highest BCUT2D eigenvalue weighted by molar-refractivity contribution is 6.35. The van der Waals surface area contributed by atoms with Gasteiger partial charge in [0.15, 0.2) is 0 Å². The fraction of sp³-hybridized carbons (Fsp3) is 0.167. The fourth-order valence-corrected chi connectivity index (χ4v) is 2.95. The van der Waals surface area contributed by atoms with E-state index in [1.165, 1.54) is 0 Å². The highest BCUT2D eigenvalue weighted by Gasteiger charge is 2.13. The van der Waals surface area contributed by atoms with E-state index in [0.717, 1.165) is 11.3 Å². The summed E-state index contributed by atoms with van der Waals surface area (Å²) in [4.78, 5) is 16.8. The molecular formula is C18H16Cl2N4O. The number of carbonyl (C=O) groups excluding carboxylic acids is 1. The number of benzene rings is 1. The van der Waals surface area contributed by atoms with Gasteiger partial charge in [0.25, 0.3) is 5.91 Å². The fourth-order valence-electron chi connectivity index (χ4n) is 2.49. The van der Waals surface area contributed by atoms with Crippen molar-refractivity contribution in [1.29, 1.82) is 0 Å². The van der Waals surface area contributed by atoms with Gasteiger partial charge in [-0.25, -0.2) is 4.68 Å². The number of aromatic nitrogens is 3. The van der Waals surface area contributed by atoms with Gasteiger partial charge < -0.3 is 5.32 Å². The summed E-state index contributed by atoms with van der Waals surface area (Å²) in [6.07, 6.45) is 1.62. The predicted octanol–water partition coefficient (Wildman–Crippen LogP) is 4.50. The average Bonchev–Trinajstić information content (AvgIpc) is 2.97. The topological polar surface area (TPSA) is 59.8 Å². The van der Waals surface area contributed by atoms with Crippen molar-refractivity contribution in [3.63, 3.8) is 0 Å². The Labute approximate surface area is 155 Å². The summed E-state index contributed by atoms with van der Waals surface area (Å²) in [5, 5.41) is 8.25. The van der Waals surface area contributed by atoms with Gasteiger partial charge in [0, 0.05) is 21.8 Å². The van der Waals surface area contributed by atoms with Crippen LogP contribution in [0, 0.1) is 13.8 Å². The summed E-state index contributed by atoms with van der Waals surface area (Å²) in [5.41, 5.74) is 2.95. The van der Waals surface area contributed by atoms with Crippen molar-refractivity contribution < 1.29 is 4.79 Å². The van der Waals surface area contributed by atoms with E-state index in [9.17, 15) is 4.79 Å². The number of anilines is 1. The highest BCUT2D eigenvalue weighted by atomic mass is 35.5. The van der Waals surface area contributed by atoms with Gasteiger partial charge in [0.2, 0.25) is 0 Å². The molecule has 0 bridgehead atoms. The first-order valence-corrected chi connectivity index (χ1v) is 8.41. The maximum atomic E-state index is 12.5. The molecule has 0 radical (unpaired) electrons. The molecule has 5 nitrogen and oxygen atoms in total. The molecule has 0 aliphatic carbocycles. The second-order valence-electron chi connectivity index (χ2n) is 5.65. The summed E-state index contributed by atoms with van der Waals surface area (Å²) in [6, 6.07) is 10.6. The average molecular weight is 375 g/mol. The Bertz CT molecular complexity index is 937. The third kappa shape index (κ3) is 4.00. The minimum Gasteiger partial charge on any atom is -0.307 e. The summed E-state index contributed by atoms with van der Waals surface area (Å²) in [7, 11) is 0. The third-order valence-corrected chi connectivity index (χ3v) is 4.35. The van der Waals surface area contributed by atoms with Gasteiger partial charge in [-0.1, -0.05) is 29.3 Å². The number of rotatable bonds is 4. The van der Waals surface area contributed by atoms with Crippen LogP contribution in [0.1, 0.15) is 27.3 Å². The molecular weight excluding hydrogens is 359 g/mol. The van der Waals surface area contributed by atoms with Crippen molar-refractivity contribution in [1.82, 2.24) is 14.8 Å². The summed E-state index contributed by atoms with van der Waals surface area (Å²) >= 11 is 12.1. The predicted molar refractivity (Wildman–Crippen MR) is 99.5 cm³/mol. The number of nitrogens with one attached hydrogen (secondary N) is 1. The highest BCUT2D eigenvalue weighted by Crippen LogP contribution is 2.23. The van der Waals surface area contributed by atoms with E-state index in [4.69, 9.17) is 23.2 Å². The summed E-state index contributed by atoms with van der Waals surface area (Å²) in [5.74, 6) is 0.352. The van der Waals surface area contributed by atoms with Crippen LogP contribution < -0.4 is 5.32 Å². The zero-order chi connectivity index (χ0) is 18.0. The van der Waals surface area contributed by atoms with E-state index in [1.54, 1.807) is 35.1 Å². The molecule has 3 rings (SSSR count). The van der Waals surface area contributed by atoms with Gasteiger partial charge in [-0.2, -0.15) is 5.10 Å². The Morgan fingerprint density at radius 3 is 2.68 bits per heavy atom. The van der Waals surface area contributed by atoms with Crippen LogP contribution in [0.4, 0.5) is 5.82 Å². The maximum Gasteiger partial charge on any atom is 0.258 e. The van der Waals surface area contributed by atoms with Crippen LogP contribution >= 0.6 is 23.2 Å². The van der Waals surface area contributed by atoms with Crippen LogP contribution in [0.3, 0.4) is 0 Å². The second-order valence-corrected chi connectivity index (χ2v) is 6.49. The van der Waals surface area contributed by atoms with Crippen molar-refractivity contribution in [3.05, 3.63) is 75.2 Å². The van der Waals surface area contributed by atoms with Gasteiger partial charge in [-0.05, 0) is 43.7 Å². The molecule has 2 aromatic heterocycles. The molecule has 128 valence electrons. The third-order valence-electron chi connectivity index (χ3n) is 3.76. The first kappa shape index (κ1) is 17.5. The molecule has 7 heteroatoms. The molecule has 1 aromatic carbocycles. The van der Waals surface area contributed by atoms with Gasteiger partial charge in [0.1, 0.15) is 5.82 Å². The number of halogens is 2. The first-order chi connectivity index (χ1) is 11.9. The van der Waals surface area contributed by atoms with Crippen molar-refractivity contribution in [3.8, 4) is 0 Å². The van der Waals surface area contributed by atoms with Crippen LogP contribution in [-0.2, 0) is 6.54 Å². The lowest BCUT2D eigenvalue weighted by Gasteiger charge is -2.11. The van der Waals surface area contributed by atoms with Gasteiger partial charge in [-0.3, -0.25) is 9.78 Å². The molecule has 2 heterocycles. The zero-order valence-electron chi connectivity index (χ0n) is 13.8. The Hall–Kier alpha value is -2.37. The number of amides is 1. The normalized spacial score (nSPS) is 10.7. The smallest absolute Gasteiger partial charge is 0.258 e. The van der Waals surface area contributed by atoms with E-state index in [-0.39, 0.29) is 5.91 Å². The first-order valence-electron chi connectivity index (χ1n) is 7.65. The molecule has 1 amide bonds. The summed E-state index contributed by atoms with van der Waals surface area (Å²) in [6.45, 7) is 4.12. The van der Waals surface area contributed by atoms with E-state index >= 15 is 0 Å². The van der Waals surface area contributed by atoms with Gasteiger partial charge >= 0.3 is 0 Å². The Kier molecular flexibility index (Phi) is 5.06. The number of nitrogens with zero attached hydrogens (tertiary/aromatic N) is 3. The van der Waals surface area contributed by atoms with E-state index in [2.05, 4.69) is 15.4 Å². The van der Waals surface area contributed by atoms with E-state index in [1.807, 2.05) is 26.0 Å². The molecule has 25 heavy (non-hydrogen) atoms. The molecule has 0 saturated carbocycles. The molecule has 0 atom stereocenters. The number of pyridine rings is 1. The largest absolute Gasteiger partial charge is 0.307 e. The molecule has 0 aliphatic heterocycles. The van der Waals surface area contributed by atoms with Crippen LogP contribution in [0.2, 0.25) is 10.0 Å². The number of hydrogen-bond acceptors (Lipinski definition) is 3. The Morgan fingerprint density at radius 2 is 1.96 bits per heavy atom. The van der Waals surface area contributed by atoms with Gasteiger partial charge in [-0.15, -0.1) is 0 Å². The van der Waals surface area contributed by atoms with Crippen molar-refractivity contribution >= 4 is 34.9 Å². The summed E-state index contributed by atoms with van der Waals surface area (Å²) < 4.78 is 1.67. The van der Waals surface area contributed by atoms with Crippen LogP contribution in [0.25, 0.3) is 0 Å². The lowest BCUT2D eigenvalue weighted by atomic mass is 10.1. The Morgan fingerprint density at radius 1 is 1.16 bits per heavy atom. The molecule has 0 saturated heterocycles. The van der Waals surface area contributed by atoms with Crippen LogP contribution in [0.15, 0.2) is 42.6 Å². The molecule has 1 N–H and O–H groups in total. The zero-order valence-corrected chi connectivity index (χ0v) is 15.3. The maximum absolute atomic E-state index is 12.5. The number of hydrogen-bond donors (Lipinski definition) is 1.